The lowest BCUT2D eigenvalue weighted by Crippen LogP contribution is -2.71. The first kappa shape index (κ1) is 97.5. The molecule has 9 fully saturated rings. The van der Waals surface area contributed by atoms with Crippen LogP contribution in [0.1, 0.15) is 48.0 Å². The molecule has 0 aromatic carbocycles. The molecular weight excluding hydrogens is 1610 g/mol. The maximum Gasteiger partial charge on any atom is 0.332 e. The third kappa shape index (κ3) is 21.6. The highest BCUT2D eigenvalue weighted by Crippen LogP contribution is 2.43. The molecule has 9 aliphatic rings. The van der Waals surface area contributed by atoms with E-state index in [1.807, 2.05) is 0 Å². The highest BCUT2D eigenvalue weighted by atomic mass is 16.9. The van der Waals surface area contributed by atoms with Crippen molar-refractivity contribution in [2.24, 2.45) is 5.92 Å². The Hall–Kier alpha value is -4.29. The van der Waals surface area contributed by atoms with Crippen LogP contribution in [-0.4, -0.2) is 488 Å². The van der Waals surface area contributed by atoms with E-state index in [1.165, 1.54) is 13.8 Å². The van der Waals surface area contributed by atoms with Gasteiger partial charge in [-0.2, -0.15) is 0 Å². The molecule has 9 rings (SSSR count). The van der Waals surface area contributed by atoms with E-state index >= 15 is 0 Å². The Labute approximate surface area is 670 Å². The quantitative estimate of drug-likeness (QED) is 0.0214. The molecule has 0 radical (unpaired) electrons. The fraction of sp³-hybridized carbons (Fsp3) is 0.925. The van der Waals surface area contributed by atoms with Crippen molar-refractivity contribution in [3.63, 3.8) is 0 Å². The Morgan fingerprint density at radius 3 is 1.17 bits per heavy atom. The minimum absolute atomic E-state index is 0.249. The van der Waals surface area contributed by atoms with Crippen molar-refractivity contribution in [2.75, 3.05) is 59.5 Å². The summed E-state index contributed by atoms with van der Waals surface area (Å²) >= 11 is 0. The zero-order chi connectivity index (χ0) is 87.1. The third-order valence-electron chi connectivity index (χ3n) is 21.9. The summed E-state index contributed by atoms with van der Waals surface area (Å²) in [7, 11) is 0. The second kappa shape index (κ2) is 42.6. The lowest BCUT2D eigenvalue weighted by molar-refractivity contribution is -0.448. The Bertz CT molecular complexity index is 3180. The number of aliphatic hydroxyl groups excluding tert-OH is 24. The molecule has 0 bridgehead atoms. The fourth-order valence-corrected chi connectivity index (χ4v) is 15.5. The average Bonchev–Trinajstić information content (AvgIpc) is 0.762. The number of carbonyl (C=O) groups is 5. The number of aliphatic hydroxyl groups is 24. The van der Waals surface area contributed by atoms with Crippen LogP contribution in [0.4, 0.5) is 0 Å². The Morgan fingerprint density at radius 2 is 0.720 bits per heavy atom. The third-order valence-corrected chi connectivity index (χ3v) is 21.9. The van der Waals surface area contributed by atoms with Gasteiger partial charge in [-0.25, -0.2) is 0 Å². The molecule has 51 nitrogen and oxygen atoms in total. The summed E-state index contributed by atoms with van der Waals surface area (Å²) in [5, 5.41) is 279. The van der Waals surface area contributed by atoms with Crippen LogP contribution in [0.2, 0.25) is 0 Å². The second-order valence-corrected chi connectivity index (χ2v) is 30.1. The van der Waals surface area contributed by atoms with Crippen LogP contribution < -0.4 is 21.3 Å². The van der Waals surface area contributed by atoms with Gasteiger partial charge in [0.05, 0.1) is 90.2 Å². The van der Waals surface area contributed by atoms with E-state index in [0.717, 1.165) is 27.7 Å². The van der Waals surface area contributed by atoms with Crippen molar-refractivity contribution < 1.29 is 232 Å². The molecule has 0 spiro atoms. The van der Waals surface area contributed by atoms with Gasteiger partial charge in [-0.05, 0) is 6.92 Å². The SMILES string of the molecule is CC(=O)NC1C(O)[C@H](O)[C@H](CO)O[C@H]1OC1[C@@H](OCC2O[C@@H](O[C@@H]3C(CO)O[C@@H](O[C@@H]4C(CO)O[C@@H](C)C(NC(C)=O)[C@H]4O)C(NC(C)=O)[C@H]3O)C(O)[C@@H](O[C@H]3OC(CO)[C@@H](O)C(O)C3O[C@@H]3OC(CO)[C@@H](O[C@@H]4OC(CO)[C@H](O)[C@H](O[C@]5(OC=O)C[C@@H](O)[C@@H](C)C([C@@H](O)[C@H](O)CO)O5)C4O)[C@H](O)C3NC(C)=O)[C@@H]2O)OC(CO)[C@@H](O)[C@@H]1O. The van der Waals surface area contributed by atoms with E-state index in [1.54, 1.807) is 0 Å². The van der Waals surface area contributed by atoms with E-state index in [2.05, 4.69) is 21.3 Å². The number of rotatable bonds is 33. The van der Waals surface area contributed by atoms with E-state index in [4.69, 9.17) is 85.3 Å². The van der Waals surface area contributed by atoms with Gasteiger partial charge >= 0.3 is 5.97 Å². The zero-order valence-electron chi connectivity index (χ0n) is 64.3. The van der Waals surface area contributed by atoms with E-state index in [0.29, 0.717) is 0 Å². The summed E-state index contributed by atoms with van der Waals surface area (Å²) in [6.45, 7) is -3.32. The summed E-state index contributed by atoms with van der Waals surface area (Å²) in [5.41, 5.74) is 0. The highest BCUT2D eigenvalue weighted by Gasteiger charge is 2.62. The molecule has 4 amide bonds. The first-order valence-electron chi connectivity index (χ1n) is 37.9. The molecule has 28 N–H and O–H groups in total. The highest BCUT2D eigenvalue weighted by molar-refractivity contribution is 5.74. The first-order chi connectivity index (χ1) is 55.8. The summed E-state index contributed by atoms with van der Waals surface area (Å²) in [6.07, 6.45) is -83.0. The standard InChI is InChI=1S/C67H112N4O47/c1-18-24(85)7-67(102-17-80,117-52(18)38(87)25(86)8-72)118-57-42(91)29(12-76)105-64(51(57)100)113-55-32(15-79)109-62(37(47(55)96)71-23(6)84)116-59-49(98)41(90)28(11-75)107-66(59)114-56-43(92)33(16-101-65-58(48(97)40(89)27(10-74)106-65)115-60-35(69-21(4)82)44(93)39(88)26(9-73)104-60)110-63(50(56)99)112-54-31(14-78)108-61(36(46(54)95)70-22(5)83)111-53-30(13-77)103-19(2)34(45(53)94)68-20(3)81/h17-19,24-66,72-79,85-100H,7-16H2,1-6H3,(H,68,81)(H,69,82)(H,70,83)(H,71,84)/t18-,19+,24-,25-,26+,27?,28?,29?,30?,31?,32?,33?,34?,35?,36?,37?,38+,39-,40-,41-,42+,43-,44?,45-,46-,47-,48+,49?,50?,51?,52?,53-,54-,55-,56+,57+,58?,59?,60+,61+,62+,63+,64+,65+,66-,67+/m1/s1. The largest absolute Gasteiger partial charge is 0.410 e. The van der Waals surface area contributed by atoms with Gasteiger partial charge in [-0.3, -0.25) is 24.0 Å². The van der Waals surface area contributed by atoms with Gasteiger partial charge in [0.2, 0.25) is 23.6 Å². The van der Waals surface area contributed by atoms with Crippen LogP contribution in [0.5, 0.6) is 0 Å². The normalized spacial score (nSPS) is 47.5. The molecule has 9 heterocycles. The van der Waals surface area contributed by atoms with Crippen LogP contribution in [-0.2, 0) is 109 Å². The topological polar surface area (TPSA) is 785 Å². The maximum atomic E-state index is 13.2. The van der Waals surface area contributed by atoms with Gasteiger partial charge in [0.1, 0.15) is 201 Å². The molecule has 0 aromatic heterocycles. The average molecular weight is 1730 g/mol. The van der Waals surface area contributed by atoms with Crippen LogP contribution in [0.15, 0.2) is 0 Å². The smallest absolute Gasteiger partial charge is 0.332 e. The number of nitrogens with one attached hydrogen (secondary N) is 4. The zero-order valence-corrected chi connectivity index (χ0v) is 64.3. The summed E-state index contributed by atoms with van der Waals surface area (Å²) in [4.78, 5) is 63.0. The van der Waals surface area contributed by atoms with Crippen molar-refractivity contribution in [1.82, 2.24) is 21.3 Å². The fourth-order valence-electron chi connectivity index (χ4n) is 15.5. The lowest BCUT2D eigenvalue weighted by Gasteiger charge is -2.51. The molecule has 0 saturated carbocycles. The molecule has 118 heavy (non-hydrogen) atoms. The van der Waals surface area contributed by atoms with E-state index in [-0.39, 0.29) is 6.47 Å². The number of carbonyl (C=O) groups excluding carboxylic acids is 5. The minimum Gasteiger partial charge on any atom is -0.410 e. The number of hydrogen-bond acceptors (Lipinski definition) is 47. The van der Waals surface area contributed by atoms with Crippen LogP contribution in [0, 0.1) is 5.92 Å². The molecule has 18 unspecified atom stereocenters. The van der Waals surface area contributed by atoms with Crippen molar-refractivity contribution in [1.29, 1.82) is 0 Å². The van der Waals surface area contributed by atoms with Crippen molar-refractivity contribution >= 4 is 30.1 Å². The molecule has 51 heteroatoms. The van der Waals surface area contributed by atoms with Gasteiger partial charge in [0, 0.05) is 33.6 Å². The first-order valence-corrected chi connectivity index (χ1v) is 37.9. The summed E-state index contributed by atoms with van der Waals surface area (Å²) < 4.78 is 107. The number of hydrogen-bond donors (Lipinski definition) is 28. The maximum absolute atomic E-state index is 13.2. The van der Waals surface area contributed by atoms with Gasteiger partial charge in [-0.15, -0.1) is 0 Å². The van der Waals surface area contributed by atoms with E-state index in [9.17, 15) is 147 Å². The molecule has 46 atom stereocenters. The Balaban J connectivity index is 1.04. The summed E-state index contributed by atoms with van der Waals surface area (Å²) in [5.74, 6) is -7.38. The van der Waals surface area contributed by atoms with Crippen molar-refractivity contribution in [2.45, 2.75) is 324 Å². The van der Waals surface area contributed by atoms with Gasteiger partial charge in [0.25, 0.3) is 6.47 Å². The molecular formula is C67H112N4O47. The van der Waals surface area contributed by atoms with Crippen LogP contribution >= 0.6 is 0 Å². The Kier molecular flexibility index (Phi) is 35.2. The Morgan fingerprint density at radius 1 is 0.381 bits per heavy atom. The number of ether oxygens (including phenoxy) is 18. The van der Waals surface area contributed by atoms with Crippen molar-refractivity contribution in [3.05, 3.63) is 0 Å². The second-order valence-electron chi connectivity index (χ2n) is 30.1. The van der Waals surface area contributed by atoms with Crippen molar-refractivity contribution in [3.8, 4) is 0 Å². The van der Waals surface area contributed by atoms with Gasteiger partial charge in [0.15, 0.2) is 44.0 Å². The minimum atomic E-state index is -2.88. The predicted octanol–water partition coefficient (Wildman–Crippen LogP) is -18.5. The monoisotopic (exact) mass is 1720 g/mol. The lowest BCUT2D eigenvalue weighted by atomic mass is 9.87. The predicted molar refractivity (Wildman–Crippen MR) is 367 cm³/mol. The van der Waals surface area contributed by atoms with Crippen LogP contribution in [0.3, 0.4) is 0 Å². The molecule has 9 saturated heterocycles. The summed E-state index contributed by atoms with van der Waals surface area (Å²) in [6, 6.07) is -6.88. The molecule has 682 valence electrons. The molecule has 0 aliphatic carbocycles. The van der Waals surface area contributed by atoms with Gasteiger partial charge in [-0.1, -0.05) is 6.92 Å². The van der Waals surface area contributed by atoms with Crippen LogP contribution in [0.25, 0.3) is 0 Å². The van der Waals surface area contributed by atoms with Gasteiger partial charge < -0.3 is 229 Å². The van der Waals surface area contributed by atoms with E-state index < -0.39 is 371 Å². The molecule has 9 aliphatic heterocycles. The number of amides is 4. The molecule has 0 aromatic rings.